The number of hydrogen-bond acceptors (Lipinski definition) is 19. The van der Waals surface area contributed by atoms with Crippen LogP contribution in [0.15, 0.2) is 121 Å². The van der Waals surface area contributed by atoms with Crippen molar-refractivity contribution in [2.75, 3.05) is 80.0 Å². The number of aliphatic hydroxyl groups is 1. The van der Waals surface area contributed by atoms with Gasteiger partial charge in [0.2, 0.25) is 47.3 Å². The molecule has 0 aliphatic carbocycles. The van der Waals surface area contributed by atoms with Crippen molar-refractivity contribution in [1.29, 1.82) is 0 Å². The first-order valence-corrected chi connectivity index (χ1v) is 34.9. The van der Waals surface area contributed by atoms with Crippen LogP contribution < -0.4 is 42.5 Å². The second-order valence-electron chi connectivity index (χ2n) is 29.3. The van der Waals surface area contributed by atoms with Crippen LogP contribution in [0.4, 0.5) is 0 Å². The van der Waals surface area contributed by atoms with E-state index in [0.29, 0.717) is 16.7 Å². The number of amides is 8. The molecule has 103 heavy (non-hydrogen) atoms. The van der Waals surface area contributed by atoms with Crippen LogP contribution in [-0.4, -0.2) is 249 Å². The van der Waals surface area contributed by atoms with Crippen LogP contribution in [-0.2, 0) is 69.0 Å². The van der Waals surface area contributed by atoms with Gasteiger partial charge in [0.25, 0.3) is 0 Å². The van der Waals surface area contributed by atoms with Crippen molar-refractivity contribution in [3.8, 4) is 0 Å². The molecular weight excluding hydrogens is 1320 g/mol. The fourth-order valence-corrected chi connectivity index (χ4v) is 12.8. The van der Waals surface area contributed by atoms with Gasteiger partial charge >= 0.3 is 5.97 Å². The molecule has 2 fully saturated rings. The van der Waals surface area contributed by atoms with E-state index in [0.717, 1.165) is 26.7 Å². The number of rotatable bonds is 16. The molecule has 0 saturated carbocycles. The zero-order valence-corrected chi connectivity index (χ0v) is 61.1. The van der Waals surface area contributed by atoms with Gasteiger partial charge < -0.3 is 62.5 Å². The number of benzene rings is 4. The fourth-order valence-electron chi connectivity index (χ4n) is 12.8. The number of fused-ring (bicyclic) bond motifs is 8. The maximum atomic E-state index is 15.4. The van der Waals surface area contributed by atoms with Crippen molar-refractivity contribution >= 4 is 74.8 Å². The molecule has 4 heterocycles. The van der Waals surface area contributed by atoms with Crippen LogP contribution in [0, 0.1) is 15.7 Å². The van der Waals surface area contributed by atoms with Gasteiger partial charge in [0, 0.05) is 84.0 Å². The lowest BCUT2D eigenvalue weighted by Crippen LogP contribution is -2.67. The standard InChI is InChI=1S/C73H102N18O12/c1-44-34-55(47(4)92)76-65(95)56(37-48-22-24-50-18-14-16-20-52(50)35-48)77-67(97)59-42-86(28-32-90(59)69(99)61(72(5,6)7)80-63(93)45(2)74-11)26-30-88-41-54(82-83-88)39-58(71(101)102)79-66(96)57(38-49-23-25-51-19-15-17-21-53(51)36-49)78-68(98)60-43-87(27-31-89(40-44)85(13)84-103)29-33-91(60)70(100)62(73(8,9)10)81-64(94)46(3)75-12/h14-25,35-36,40-41,45-46,55-62,74-75,92H,4,26-34,37-39,42-43H2,1-3,5-13H3,(H,76,95)(H,77,97)(H,78,98)(H,79,96)(H,80,93)(H,81,94)(H,101,102)/b44-40+/t45-,46-,55-,56-,57-,58-,59-,60-,61+,62+/m0/s1. The van der Waals surface area contributed by atoms with E-state index < -0.39 is 130 Å². The van der Waals surface area contributed by atoms with E-state index in [1.165, 1.54) is 32.7 Å². The quantitative estimate of drug-likeness (QED) is 0.0384. The molecule has 0 radical (unpaired) electrons. The number of carbonyl (C=O) groups excluding carboxylic acids is 8. The number of carbonyl (C=O) groups is 9. The Morgan fingerprint density at radius 1 is 0.612 bits per heavy atom. The number of piperazine rings is 2. The highest BCUT2D eigenvalue weighted by atomic mass is 16.4. The maximum absolute atomic E-state index is 15.4. The monoisotopic (exact) mass is 1420 g/mol. The number of hydrazine groups is 1. The molecule has 0 spiro atoms. The van der Waals surface area contributed by atoms with Gasteiger partial charge in [0.1, 0.15) is 48.1 Å². The topological polar surface area (TPSA) is 370 Å². The minimum atomic E-state index is -1.61. The molecule has 1 aromatic heterocycles. The number of nitrogens with one attached hydrogen (secondary N) is 8. The summed E-state index contributed by atoms with van der Waals surface area (Å²) in [7, 11) is 4.64. The Morgan fingerprint density at radius 3 is 1.48 bits per heavy atom. The third-order valence-corrected chi connectivity index (χ3v) is 19.3. The average molecular weight is 1420 g/mol. The number of hydrogen-bond donors (Lipinski definition) is 10. The number of aliphatic carboxylic acids is 1. The Bertz CT molecular complexity index is 3940. The van der Waals surface area contributed by atoms with Gasteiger partial charge in [-0.25, -0.2) is 4.79 Å². The van der Waals surface area contributed by atoms with Crippen molar-refractivity contribution < 1.29 is 53.4 Å². The van der Waals surface area contributed by atoms with Crippen molar-refractivity contribution in [1.82, 2.24) is 87.3 Å². The van der Waals surface area contributed by atoms with Crippen molar-refractivity contribution in [3.63, 3.8) is 0 Å². The van der Waals surface area contributed by atoms with Gasteiger partial charge in [-0.2, -0.15) is 5.12 Å². The normalized spacial score (nSPS) is 23.5. The van der Waals surface area contributed by atoms with E-state index in [1.807, 2.05) is 88.7 Å². The van der Waals surface area contributed by atoms with Crippen LogP contribution in [0.3, 0.4) is 0 Å². The predicted octanol–water partition coefficient (Wildman–Crippen LogP) is 2.15. The van der Waals surface area contributed by atoms with Gasteiger partial charge in [-0.1, -0.05) is 144 Å². The highest BCUT2D eigenvalue weighted by Crippen LogP contribution is 2.28. The van der Waals surface area contributed by atoms with Crippen LogP contribution in [0.1, 0.15) is 85.6 Å². The number of aliphatic hydroxyl groups excluding tert-OH is 1. The minimum Gasteiger partial charge on any atom is -0.511 e. The third kappa shape index (κ3) is 20.9. The Balaban J connectivity index is 1.19. The van der Waals surface area contributed by atoms with Crippen molar-refractivity contribution in [2.45, 2.75) is 155 Å². The van der Waals surface area contributed by atoms with Crippen molar-refractivity contribution in [3.05, 3.63) is 137 Å². The summed E-state index contributed by atoms with van der Waals surface area (Å²) in [6, 6.07) is 14.6. The molecule has 3 aliphatic rings. The van der Waals surface area contributed by atoms with Gasteiger partial charge in [0.15, 0.2) is 0 Å². The van der Waals surface area contributed by atoms with Crippen LogP contribution in [0.5, 0.6) is 0 Å². The summed E-state index contributed by atoms with van der Waals surface area (Å²) in [6.45, 7) is 20.3. The molecule has 30 nitrogen and oxygen atoms in total. The smallest absolute Gasteiger partial charge is 0.326 e. The van der Waals surface area contributed by atoms with Crippen LogP contribution in [0.2, 0.25) is 0 Å². The largest absolute Gasteiger partial charge is 0.511 e. The number of carboxylic acids is 1. The lowest BCUT2D eigenvalue weighted by molar-refractivity contribution is -0.150. The number of likely N-dealkylation sites (N-methyl/N-ethyl adjacent to an activating group) is 2. The summed E-state index contributed by atoms with van der Waals surface area (Å²) in [5.74, 6) is -6.88. The van der Waals surface area contributed by atoms with Gasteiger partial charge in [-0.15, -0.1) is 10.0 Å². The summed E-state index contributed by atoms with van der Waals surface area (Å²) in [6.07, 6.45) is 2.51. The van der Waals surface area contributed by atoms with E-state index in [4.69, 9.17) is 0 Å². The number of nitrogens with zero attached hydrogens (tertiary/aromatic N) is 10. The molecule has 8 rings (SSSR count). The van der Waals surface area contributed by atoms with Gasteiger partial charge in [0.05, 0.1) is 49.2 Å². The first kappa shape index (κ1) is 78.8. The lowest BCUT2D eigenvalue weighted by atomic mass is 9.85. The molecule has 8 amide bonds. The zero-order valence-electron chi connectivity index (χ0n) is 61.1. The molecule has 6 bridgehead atoms. The molecule has 2 unspecified atom stereocenters. The average Bonchev–Trinajstić information content (AvgIpc) is 0.986. The Labute approximate surface area is 601 Å². The second kappa shape index (κ2) is 34.8. The molecule has 3 aliphatic heterocycles. The van der Waals surface area contributed by atoms with Crippen LogP contribution >= 0.6 is 0 Å². The maximum Gasteiger partial charge on any atom is 0.326 e. The molecule has 30 heteroatoms. The zero-order chi connectivity index (χ0) is 75.2. The summed E-state index contributed by atoms with van der Waals surface area (Å²) >= 11 is 0. The van der Waals surface area contributed by atoms with E-state index in [-0.39, 0.29) is 96.8 Å². The summed E-state index contributed by atoms with van der Waals surface area (Å²) in [5.41, 5.74) is 0.232. The lowest BCUT2D eigenvalue weighted by Gasteiger charge is -2.44. The van der Waals surface area contributed by atoms with E-state index in [1.54, 1.807) is 88.7 Å². The highest BCUT2D eigenvalue weighted by Gasteiger charge is 2.46. The SMILES string of the molecule is C=C(O)[C@@H]1C/C(C)=C/N(N(C)N=O)CCN2CCN(C(=O)[C@@H](NC(=O)[C@H](C)NC)C(C)(C)C)[C@@H](C2)C(=O)N[C@@H](Cc2ccc3ccccc3c2)C(=O)N[C@H](C(=O)O)Cc2cn(nn2)CCN2CCN(C(=O)[C@@H](NC(=O)[C@H](C)NC)C(C)(C)C)[C@@H](C2)C(=O)N[C@@H](Cc2ccc3ccccc3c2)C(=O)N1. The molecule has 5 aromatic rings. The third-order valence-electron chi connectivity index (χ3n) is 19.3. The van der Waals surface area contributed by atoms with Gasteiger partial charge in [-0.3, -0.25) is 57.8 Å². The predicted molar refractivity (Wildman–Crippen MR) is 388 cm³/mol. The molecule has 12 atom stereocenters. The fraction of sp³-hybridized carbons (Fsp3) is 0.521. The Morgan fingerprint density at radius 2 is 1.05 bits per heavy atom. The molecular formula is C73H102N18O12. The van der Waals surface area contributed by atoms with Gasteiger partial charge in [-0.05, 0) is 84.8 Å². The molecule has 2 saturated heterocycles. The second-order valence-corrected chi connectivity index (χ2v) is 29.3. The van der Waals surface area contributed by atoms with Crippen molar-refractivity contribution in [2.24, 2.45) is 16.1 Å². The van der Waals surface area contributed by atoms with E-state index in [9.17, 15) is 34.3 Å². The number of aromatic nitrogens is 3. The molecule has 556 valence electrons. The molecule has 10 N–H and O–H groups in total. The Kier molecular flexibility index (Phi) is 26.7. The number of nitroso groups, excluding NO2 is 1. The first-order chi connectivity index (χ1) is 48.7. The van der Waals surface area contributed by atoms with E-state index in [2.05, 4.69) is 64.7 Å². The molecule has 4 aromatic carbocycles. The Hall–Kier alpha value is -9.91. The summed E-state index contributed by atoms with van der Waals surface area (Å²) < 4.78 is 1.48. The number of carboxylic acid groups (broad SMARTS) is 1. The summed E-state index contributed by atoms with van der Waals surface area (Å²) in [5, 5.41) is 63.1. The van der Waals surface area contributed by atoms with Crippen LogP contribution in [0.25, 0.3) is 21.5 Å². The van der Waals surface area contributed by atoms with E-state index >= 15 is 24.0 Å². The summed E-state index contributed by atoms with van der Waals surface area (Å²) in [4.78, 5) is 151. The highest BCUT2D eigenvalue weighted by molar-refractivity contribution is 5.98. The first-order valence-electron chi connectivity index (χ1n) is 34.9. The minimum absolute atomic E-state index is 0.000242.